The van der Waals surface area contributed by atoms with Crippen LogP contribution in [0.2, 0.25) is 5.02 Å². The number of ketones is 1. The summed E-state index contributed by atoms with van der Waals surface area (Å²) in [5.41, 5.74) is 3.01. The van der Waals surface area contributed by atoms with Gasteiger partial charge in [-0.15, -0.1) is 0 Å². The van der Waals surface area contributed by atoms with Crippen LogP contribution >= 0.6 is 11.6 Å². The molecule has 8 heteroatoms. The van der Waals surface area contributed by atoms with Crippen LogP contribution in [-0.4, -0.2) is 49.3 Å². The van der Waals surface area contributed by atoms with Gasteiger partial charge in [0.25, 0.3) is 0 Å². The van der Waals surface area contributed by atoms with Gasteiger partial charge in [0.15, 0.2) is 5.78 Å². The fourth-order valence-electron chi connectivity index (χ4n) is 3.71. The Morgan fingerprint density at radius 2 is 1.73 bits per heavy atom. The largest absolute Gasteiger partial charge is 0.369 e. The van der Waals surface area contributed by atoms with E-state index in [0.717, 1.165) is 11.1 Å². The van der Waals surface area contributed by atoms with E-state index in [1.165, 1.54) is 12.1 Å². The van der Waals surface area contributed by atoms with Gasteiger partial charge in [-0.05, 0) is 41.5 Å². The van der Waals surface area contributed by atoms with Crippen LogP contribution in [0.3, 0.4) is 0 Å². The van der Waals surface area contributed by atoms with Gasteiger partial charge in [-0.3, -0.25) is 14.5 Å². The zero-order chi connectivity index (χ0) is 21.3. The summed E-state index contributed by atoms with van der Waals surface area (Å²) in [7, 11) is 0. The van der Waals surface area contributed by atoms with Crippen molar-refractivity contribution in [3.8, 4) is 0 Å². The molecule has 0 atom stereocenters. The first-order valence-electron chi connectivity index (χ1n) is 9.64. The van der Waals surface area contributed by atoms with Crippen molar-refractivity contribution in [2.75, 3.05) is 42.9 Å². The van der Waals surface area contributed by atoms with Crippen molar-refractivity contribution in [3.05, 3.63) is 64.2 Å². The van der Waals surface area contributed by atoms with Crippen LogP contribution in [0.1, 0.15) is 11.1 Å². The normalized spacial score (nSPS) is 16.5. The fraction of sp³-hybridized carbons (Fsp3) is 0.273. The Bertz CT molecular complexity index is 1010. The van der Waals surface area contributed by atoms with Crippen LogP contribution in [0, 0.1) is 11.6 Å². The molecule has 0 unspecified atom stereocenters. The van der Waals surface area contributed by atoms with E-state index < -0.39 is 16.7 Å². The number of nitrogens with zero attached hydrogens (tertiary/aromatic N) is 2. The summed E-state index contributed by atoms with van der Waals surface area (Å²) in [6.45, 7) is 2.50. The van der Waals surface area contributed by atoms with Gasteiger partial charge in [0.1, 0.15) is 16.7 Å². The maximum absolute atomic E-state index is 13.7. The van der Waals surface area contributed by atoms with Crippen molar-refractivity contribution in [1.29, 1.82) is 0 Å². The lowest BCUT2D eigenvalue weighted by molar-refractivity contribution is -0.117. The molecule has 2 aliphatic rings. The highest BCUT2D eigenvalue weighted by Crippen LogP contribution is 2.26. The van der Waals surface area contributed by atoms with Crippen molar-refractivity contribution in [2.24, 2.45) is 0 Å². The Hall–Kier alpha value is -2.77. The van der Waals surface area contributed by atoms with Gasteiger partial charge in [-0.1, -0.05) is 23.7 Å². The topological polar surface area (TPSA) is 52.7 Å². The summed E-state index contributed by atoms with van der Waals surface area (Å²) in [4.78, 5) is 27.8. The minimum atomic E-state index is -0.780. The van der Waals surface area contributed by atoms with Gasteiger partial charge in [0, 0.05) is 44.0 Å². The molecular weight excluding hydrogens is 412 g/mol. The van der Waals surface area contributed by atoms with E-state index in [1.807, 2.05) is 21.9 Å². The molecule has 30 heavy (non-hydrogen) atoms. The third kappa shape index (κ3) is 4.52. The quantitative estimate of drug-likeness (QED) is 0.753. The number of benzene rings is 2. The average molecular weight is 432 g/mol. The lowest BCUT2D eigenvalue weighted by Crippen LogP contribution is -2.48. The maximum atomic E-state index is 13.7. The number of carbonyl (C=O) groups is 2. The second-order valence-electron chi connectivity index (χ2n) is 7.42. The van der Waals surface area contributed by atoms with Gasteiger partial charge in [-0.25, -0.2) is 8.78 Å². The lowest BCUT2D eigenvalue weighted by Gasteiger charge is -2.35. The van der Waals surface area contributed by atoms with E-state index in [2.05, 4.69) is 5.32 Å². The number of carbonyl (C=O) groups excluding carboxylic acids is 2. The molecule has 1 N–H and O–H groups in total. The molecule has 4 rings (SSSR count). The molecule has 156 valence electrons. The number of allylic oxidation sites excluding steroid dienone is 1. The molecule has 5 nitrogen and oxygen atoms in total. The number of hydrogen-bond donors (Lipinski definition) is 1. The van der Waals surface area contributed by atoms with E-state index in [1.54, 1.807) is 18.2 Å². The Morgan fingerprint density at radius 1 is 1.03 bits per heavy atom. The highest BCUT2D eigenvalue weighted by atomic mass is 35.5. The number of piperazine rings is 1. The van der Waals surface area contributed by atoms with Crippen molar-refractivity contribution in [2.45, 2.75) is 6.42 Å². The summed E-state index contributed by atoms with van der Waals surface area (Å²) < 4.78 is 27.4. The van der Waals surface area contributed by atoms with Gasteiger partial charge in [0.05, 0.1) is 6.54 Å². The summed E-state index contributed by atoms with van der Waals surface area (Å²) in [6.07, 6.45) is 3.69. The number of nitrogens with one attached hydrogen (secondary N) is 1. The number of fused-ring (bicyclic) bond motifs is 1. The van der Waals surface area contributed by atoms with Crippen LogP contribution in [0.5, 0.6) is 0 Å². The molecule has 2 aromatic carbocycles. The molecule has 1 aliphatic heterocycles. The molecule has 1 saturated heterocycles. The van der Waals surface area contributed by atoms with Crippen LogP contribution < -0.4 is 10.2 Å². The maximum Gasteiger partial charge on any atom is 0.238 e. The molecule has 0 aromatic heterocycles. The highest BCUT2D eigenvalue weighted by molar-refractivity contribution is 6.31. The van der Waals surface area contributed by atoms with Gasteiger partial charge in [0.2, 0.25) is 5.91 Å². The van der Waals surface area contributed by atoms with Crippen LogP contribution in [0.25, 0.3) is 6.08 Å². The van der Waals surface area contributed by atoms with Gasteiger partial charge in [-0.2, -0.15) is 0 Å². The summed E-state index contributed by atoms with van der Waals surface area (Å²) in [6, 6.07) is 7.97. The monoisotopic (exact) mass is 431 g/mol. The van der Waals surface area contributed by atoms with Crippen molar-refractivity contribution >= 4 is 40.7 Å². The molecule has 0 radical (unpaired) electrons. The number of hydrogen-bond acceptors (Lipinski definition) is 4. The first-order valence-corrected chi connectivity index (χ1v) is 10.0. The second-order valence-corrected chi connectivity index (χ2v) is 7.80. The predicted molar refractivity (Wildman–Crippen MR) is 113 cm³/mol. The summed E-state index contributed by atoms with van der Waals surface area (Å²) in [5, 5.41) is 2.39. The zero-order valence-electron chi connectivity index (χ0n) is 16.1. The number of anilines is 2. The number of halogens is 3. The molecule has 1 heterocycles. The molecule has 1 aliphatic carbocycles. The molecule has 0 spiro atoms. The van der Waals surface area contributed by atoms with E-state index >= 15 is 0 Å². The zero-order valence-corrected chi connectivity index (χ0v) is 16.9. The van der Waals surface area contributed by atoms with Crippen LogP contribution in [0.4, 0.5) is 20.2 Å². The second kappa shape index (κ2) is 8.53. The Kier molecular flexibility index (Phi) is 5.83. The first kappa shape index (κ1) is 20.5. The molecule has 1 amide bonds. The van der Waals surface area contributed by atoms with Crippen molar-refractivity contribution in [1.82, 2.24) is 4.90 Å². The van der Waals surface area contributed by atoms with Crippen molar-refractivity contribution < 1.29 is 18.4 Å². The Labute approximate surface area is 177 Å². The predicted octanol–water partition coefficient (Wildman–Crippen LogP) is 3.52. The van der Waals surface area contributed by atoms with Crippen LogP contribution in [0.15, 0.2) is 36.4 Å². The highest BCUT2D eigenvalue weighted by Gasteiger charge is 2.21. The molecule has 1 fully saturated rings. The van der Waals surface area contributed by atoms with E-state index in [9.17, 15) is 18.4 Å². The van der Waals surface area contributed by atoms with E-state index in [-0.39, 0.29) is 18.2 Å². The third-order valence-electron chi connectivity index (χ3n) is 5.32. The third-order valence-corrected chi connectivity index (χ3v) is 5.68. The SMILES string of the molecule is O=C1C=Cc2cc(NC(=O)CN3CCN(c4cc(F)c(Cl)c(F)c4)CC3)ccc2C1. The molecule has 0 saturated carbocycles. The van der Waals surface area contributed by atoms with Gasteiger partial charge < -0.3 is 10.2 Å². The van der Waals surface area contributed by atoms with Crippen molar-refractivity contribution in [3.63, 3.8) is 0 Å². The smallest absolute Gasteiger partial charge is 0.238 e. The summed E-state index contributed by atoms with van der Waals surface area (Å²) >= 11 is 5.54. The van der Waals surface area contributed by atoms with Crippen LogP contribution in [-0.2, 0) is 16.0 Å². The Morgan fingerprint density at radius 3 is 2.43 bits per heavy atom. The molecule has 2 aromatic rings. The number of rotatable bonds is 4. The minimum Gasteiger partial charge on any atom is -0.369 e. The van der Waals surface area contributed by atoms with Gasteiger partial charge >= 0.3 is 0 Å². The molecule has 0 bridgehead atoms. The van der Waals surface area contributed by atoms with E-state index in [4.69, 9.17) is 11.6 Å². The first-order chi connectivity index (χ1) is 14.4. The molecular formula is C22H20ClF2N3O2. The number of amides is 1. The minimum absolute atomic E-state index is 0.0718. The average Bonchev–Trinajstić information content (AvgIpc) is 2.72. The standard InChI is InChI=1S/C22H20ClF2N3O2/c23-22-19(24)11-17(12-20(22)25)28-7-5-27(6-8-28)13-21(30)26-16-3-1-15-10-18(29)4-2-14(15)9-16/h1-4,9,11-12H,5-8,10,13H2,(H,26,30). The Balaban J connectivity index is 1.31. The fourth-order valence-corrected chi connectivity index (χ4v) is 3.82. The lowest BCUT2D eigenvalue weighted by atomic mass is 9.96. The summed E-state index contributed by atoms with van der Waals surface area (Å²) in [5.74, 6) is -1.62. The van der Waals surface area contributed by atoms with E-state index in [0.29, 0.717) is 44.0 Å².